The van der Waals surface area contributed by atoms with E-state index in [1.807, 2.05) is 6.92 Å². The molecule has 3 N–H and O–H groups in total. The summed E-state index contributed by atoms with van der Waals surface area (Å²) in [6, 6.07) is 4.44. The van der Waals surface area contributed by atoms with Gasteiger partial charge in [-0.15, -0.1) is 0 Å². The van der Waals surface area contributed by atoms with E-state index in [1.54, 1.807) is 19.9 Å². The van der Waals surface area contributed by atoms with Crippen molar-refractivity contribution < 1.29 is 22.7 Å². The van der Waals surface area contributed by atoms with Crippen LogP contribution in [-0.2, 0) is 19.6 Å². The van der Waals surface area contributed by atoms with Gasteiger partial charge in [0.05, 0.1) is 29.7 Å². The van der Waals surface area contributed by atoms with Gasteiger partial charge in [-0.3, -0.25) is 4.79 Å². The van der Waals surface area contributed by atoms with E-state index >= 15 is 0 Å². The van der Waals surface area contributed by atoms with Crippen LogP contribution in [0.4, 0.5) is 5.69 Å². The fraction of sp³-hybridized carbons (Fsp3) is 0.588. The Bertz CT molecular complexity index is 686. The third kappa shape index (κ3) is 5.66. The highest BCUT2D eigenvalue weighted by atomic mass is 32.2. The number of amides is 1. The Kier molecular flexibility index (Phi) is 9.00. The Morgan fingerprint density at radius 1 is 1.27 bits per heavy atom. The van der Waals surface area contributed by atoms with E-state index < -0.39 is 16.1 Å². The first-order valence-electron chi connectivity index (χ1n) is 8.63. The van der Waals surface area contributed by atoms with E-state index in [4.69, 9.17) is 15.2 Å². The highest BCUT2D eigenvalue weighted by Crippen LogP contribution is 2.29. The van der Waals surface area contributed by atoms with E-state index in [0.29, 0.717) is 31.1 Å². The molecule has 26 heavy (non-hydrogen) atoms. The van der Waals surface area contributed by atoms with Crippen LogP contribution in [-0.4, -0.2) is 58.1 Å². The van der Waals surface area contributed by atoms with Gasteiger partial charge in [0.2, 0.25) is 15.9 Å². The summed E-state index contributed by atoms with van der Waals surface area (Å²) in [6.07, 6.45) is -0.348. The first kappa shape index (κ1) is 22.4. The van der Waals surface area contributed by atoms with Crippen LogP contribution in [0.15, 0.2) is 23.1 Å². The van der Waals surface area contributed by atoms with Crippen LogP contribution >= 0.6 is 0 Å². The average Bonchev–Trinajstić information content (AvgIpc) is 2.62. The third-order valence-corrected chi connectivity index (χ3v) is 5.92. The summed E-state index contributed by atoms with van der Waals surface area (Å²) in [5.74, 6) is 0.0710. The molecule has 0 aromatic heterocycles. The van der Waals surface area contributed by atoms with Crippen LogP contribution in [0.2, 0.25) is 0 Å². The van der Waals surface area contributed by atoms with Gasteiger partial charge in [-0.2, -0.15) is 4.31 Å². The van der Waals surface area contributed by atoms with Crippen molar-refractivity contribution in [2.75, 3.05) is 38.7 Å². The standard InChI is InChI=1S/C17H29N3O5S/c1-5-20(6-2)26(22,23)14-8-9-16(25-7-3)15(11-14)19-17(21)10-13(12-18)24-4/h8-9,11,13H,5-7,10,12,18H2,1-4H3,(H,19,21). The van der Waals surface area contributed by atoms with Crippen LogP contribution in [0, 0.1) is 0 Å². The van der Waals surface area contributed by atoms with Gasteiger partial charge in [0.1, 0.15) is 5.75 Å². The van der Waals surface area contributed by atoms with Crippen LogP contribution in [0.25, 0.3) is 0 Å². The monoisotopic (exact) mass is 387 g/mol. The molecule has 0 aliphatic rings. The molecule has 1 atom stereocenters. The number of nitrogens with zero attached hydrogens (tertiary/aromatic N) is 1. The summed E-state index contributed by atoms with van der Waals surface area (Å²) in [5, 5.41) is 2.70. The second-order valence-corrected chi connectivity index (χ2v) is 7.46. The summed E-state index contributed by atoms with van der Waals surface area (Å²) in [4.78, 5) is 12.3. The summed E-state index contributed by atoms with van der Waals surface area (Å²) < 4.78 is 37.4. The largest absolute Gasteiger partial charge is 0.492 e. The highest BCUT2D eigenvalue weighted by molar-refractivity contribution is 7.89. The number of nitrogens with one attached hydrogen (secondary N) is 1. The molecule has 9 heteroatoms. The number of nitrogens with two attached hydrogens (primary N) is 1. The third-order valence-electron chi connectivity index (χ3n) is 3.88. The number of methoxy groups -OCH3 is 1. The predicted molar refractivity (Wildman–Crippen MR) is 101 cm³/mol. The zero-order chi connectivity index (χ0) is 19.7. The van der Waals surface area contributed by atoms with E-state index in [0.717, 1.165) is 0 Å². The van der Waals surface area contributed by atoms with Crippen LogP contribution < -0.4 is 15.8 Å². The molecular formula is C17H29N3O5S. The van der Waals surface area contributed by atoms with Gasteiger partial charge in [-0.1, -0.05) is 13.8 Å². The molecule has 0 spiro atoms. The molecule has 0 radical (unpaired) electrons. The van der Waals surface area contributed by atoms with Crippen molar-refractivity contribution in [1.82, 2.24) is 4.31 Å². The van der Waals surface area contributed by atoms with E-state index in [2.05, 4.69) is 5.32 Å². The number of hydrogen-bond acceptors (Lipinski definition) is 6. The topological polar surface area (TPSA) is 111 Å². The predicted octanol–water partition coefficient (Wildman–Crippen LogP) is 1.42. The molecule has 8 nitrogen and oxygen atoms in total. The number of carbonyl (C=O) groups excluding carboxylic acids is 1. The molecule has 0 heterocycles. The second-order valence-electron chi connectivity index (χ2n) is 5.53. The molecule has 1 unspecified atom stereocenters. The maximum absolute atomic E-state index is 12.7. The molecule has 0 saturated carbocycles. The Hall–Kier alpha value is -1.68. The molecule has 1 aromatic carbocycles. The second kappa shape index (κ2) is 10.5. The number of ether oxygens (including phenoxy) is 2. The van der Waals surface area contributed by atoms with E-state index in [-0.39, 0.29) is 23.8 Å². The molecule has 1 amide bonds. The smallest absolute Gasteiger partial charge is 0.243 e. The summed E-state index contributed by atoms with van der Waals surface area (Å²) >= 11 is 0. The van der Waals surface area contributed by atoms with Crippen molar-refractivity contribution in [3.8, 4) is 5.75 Å². The lowest BCUT2D eigenvalue weighted by molar-refractivity contribution is -0.118. The molecule has 148 valence electrons. The molecule has 0 aliphatic heterocycles. The zero-order valence-corrected chi connectivity index (χ0v) is 16.6. The Labute approximate surface area is 155 Å². The number of rotatable bonds is 11. The molecule has 0 fully saturated rings. The van der Waals surface area contributed by atoms with E-state index in [9.17, 15) is 13.2 Å². The summed E-state index contributed by atoms with van der Waals surface area (Å²) in [6.45, 7) is 6.67. The molecular weight excluding hydrogens is 358 g/mol. The molecule has 0 saturated heterocycles. The van der Waals surface area contributed by atoms with Crippen molar-refractivity contribution in [1.29, 1.82) is 0 Å². The average molecular weight is 388 g/mol. The molecule has 1 rings (SSSR count). The van der Waals surface area contributed by atoms with Crippen molar-refractivity contribution >= 4 is 21.6 Å². The van der Waals surface area contributed by atoms with Crippen LogP contribution in [0.1, 0.15) is 27.2 Å². The SMILES string of the molecule is CCOc1ccc(S(=O)(=O)N(CC)CC)cc1NC(=O)CC(CN)OC. The first-order valence-corrected chi connectivity index (χ1v) is 10.1. The zero-order valence-electron chi connectivity index (χ0n) is 15.8. The number of anilines is 1. The van der Waals surface area contributed by atoms with Crippen LogP contribution in [0.5, 0.6) is 5.75 Å². The first-order chi connectivity index (χ1) is 12.3. The van der Waals surface area contributed by atoms with Crippen molar-refractivity contribution in [3.05, 3.63) is 18.2 Å². The fourth-order valence-electron chi connectivity index (χ4n) is 2.43. The van der Waals surface area contributed by atoms with E-state index in [1.165, 1.54) is 23.5 Å². The molecule has 1 aromatic rings. The van der Waals surface area contributed by atoms with Crippen molar-refractivity contribution in [3.63, 3.8) is 0 Å². The van der Waals surface area contributed by atoms with Gasteiger partial charge in [0, 0.05) is 26.7 Å². The maximum Gasteiger partial charge on any atom is 0.243 e. The molecule has 0 aliphatic carbocycles. The van der Waals surface area contributed by atoms with Crippen molar-refractivity contribution in [2.45, 2.75) is 38.2 Å². The van der Waals surface area contributed by atoms with Gasteiger partial charge in [0.15, 0.2) is 0 Å². The van der Waals surface area contributed by atoms with Crippen LogP contribution in [0.3, 0.4) is 0 Å². The lowest BCUT2D eigenvalue weighted by Gasteiger charge is -2.20. The lowest BCUT2D eigenvalue weighted by atomic mass is 10.2. The minimum Gasteiger partial charge on any atom is -0.492 e. The number of benzene rings is 1. The quantitative estimate of drug-likeness (QED) is 0.594. The Morgan fingerprint density at radius 2 is 1.92 bits per heavy atom. The van der Waals surface area contributed by atoms with Crippen molar-refractivity contribution in [2.24, 2.45) is 5.73 Å². The minimum atomic E-state index is -3.64. The van der Waals surface area contributed by atoms with Gasteiger partial charge in [0.25, 0.3) is 0 Å². The lowest BCUT2D eigenvalue weighted by Crippen LogP contribution is -2.31. The van der Waals surface area contributed by atoms with Gasteiger partial charge in [-0.05, 0) is 25.1 Å². The number of carbonyl (C=O) groups is 1. The Morgan fingerprint density at radius 3 is 2.42 bits per heavy atom. The number of sulfonamides is 1. The van der Waals surface area contributed by atoms with Gasteiger partial charge in [-0.25, -0.2) is 8.42 Å². The maximum atomic E-state index is 12.7. The Balaban J connectivity index is 3.17. The summed E-state index contributed by atoms with van der Waals surface area (Å²) in [7, 11) is -2.16. The highest BCUT2D eigenvalue weighted by Gasteiger charge is 2.23. The minimum absolute atomic E-state index is 0.0611. The number of hydrogen-bond donors (Lipinski definition) is 2. The van der Waals surface area contributed by atoms with Gasteiger partial charge < -0.3 is 20.5 Å². The fourth-order valence-corrected chi connectivity index (χ4v) is 3.92. The summed E-state index contributed by atoms with van der Waals surface area (Å²) in [5.41, 5.74) is 5.84. The van der Waals surface area contributed by atoms with Gasteiger partial charge >= 0.3 is 0 Å². The molecule has 0 bridgehead atoms. The normalized spacial score (nSPS) is 12.8.